The number of esters is 1. The Labute approximate surface area is 107 Å². The van der Waals surface area contributed by atoms with Crippen molar-refractivity contribution in [1.82, 2.24) is 0 Å². The topological polar surface area (TPSA) is 76.0 Å². The third-order valence-electron chi connectivity index (χ3n) is 3.03. The molecule has 4 atom stereocenters. The van der Waals surface area contributed by atoms with Crippen LogP contribution in [0.1, 0.15) is 32.6 Å². The minimum atomic E-state index is -0.887. The first kappa shape index (κ1) is 15.1. The highest BCUT2D eigenvalue weighted by Crippen LogP contribution is 2.19. The summed E-state index contributed by atoms with van der Waals surface area (Å²) in [4.78, 5) is 11.3. The fourth-order valence-electron chi connectivity index (χ4n) is 1.89. The molecular weight excluding hydrogens is 236 g/mol. The molecule has 0 bridgehead atoms. The minimum absolute atomic E-state index is 0.0559. The van der Waals surface area contributed by atoms with Crippen LogP contribution in [0.25, 0.3) is 0 Å². The van der Waals surface area contributed by atoms with E-state index in [0.717, 1.165) is 12.8 Å². The van der Waals surface area contributed by atoms with Gasteiger partial charge in [-0.05, 0) is 12.5 Å². The van der Waals surface area contributed by atoms with E-state index >= 15 is 0 Å². The summed E-state index contributed by atoms with van der Waals surface area (Å²) in [5.41, 5.74) is 0. The van der Waals surface area contributed by atoms with Gasteiger partial charge in [-0.3, -0.25) is 4.79 Å². The summed E-state index contributed by atoms with van der Waals surface area (Å²) >= 11 is 0. The maximum Gasteiger partial charge on any atom is 0.309 e. The van der Waals surface area contributed by atoms with Gasteiger partial charge in [0.25, 0.3) is 0 Å². The van der Waals surface area contributed by atoms with Crippen molar-refractivity contribution in [3.63, 3.8) is 0 Å². The van der Waals surface area contributed by atoms with Gasteiger partial charge in [-0.15, -0.1) is 0 Å². The Balaban J connectivity index is 2.53. The highest BCUT2D eigenvalue weighted by atomic mass is 16.6. The van der Waals surface area contributed by atoms with Crippen molar-refractivity contribution in [2.24, 2.45) is 0 Å². The summed E-state index contributed by atoms with van der Waals surface area (Å²) in [7, 11) is 1.45. The fraction of sp³-hybridized carbons (Fsp3) is 0.769. The molecule has 18 heavy (non-hydrogen) atoms. The Morgan fingerprint density at radius 1 is 1.61 bits per heavy atom. The fourth-order valence-corrected chi connectivity index (χ4v) is 1.89. The molecule has 0 aromatic carbocycles. The van der Waals surface area contributed by atoms with E-state index in [4.69, 9.17) is 9.47 Å². The van der Waals surface area contributed by atoms with Crippen LogP contribution in [0.2, 0.25) is 0 Å². The zero-order valence-electron chi connectivity index (χ0n) is 10.9. The van der Waals surface area contributed by atoms with Crippen molar-refractivity contribution in [3.05, 3.63) is 12.2 Å². The van der Waals surface area contributed by atoms with Crippen molar-refractivity contribution >= 4 is 5.97 Å². The van der Waals surface area contributed by atoms with Crippen LogP contribution in [-0.2, 0) is 14.3 Å². The monoisotopic (exact) mass is 258 g/mol. The molecular formula is C13H22O5. The quantitative estimate of drug-likeness (QED) is 0.544. The maximum atomic E-state index is 11.3. The first-order valence-electron chi connectivity index (χ1n) is 6.35. The highest BCUT2D eigenvalue weighted by molar-refractivity contribution is 5.71. The van der Waals surface area contributed by atoms with Crippen molar-refractivity contribution < 1.29 is 24.5 Å². The SMILES string of the molecule is CCCC[C@H](O)/C=C\[C@@H]1OC(=O)C[C@@H](OC)[C@@H]1O. The van der Waals surface area contributed by atoms with Crippen molar-refractivity contribution in [2.45, 2.75) is 57.0 Å². The molecule has 5 heteroatoms. The van der Waals surface area contributed by atoms with E-state index in [-0.39, 0.29) is 6.42 Å². The van der Waals surface area contributed by atoms with Crippen LogP contribution in [0.15, 0.2) is 12.2 Å². The number of methoxy groups -OCH3 is 1. The molecule has 1 saturated heterocycles. The normalized spacial score (nSPS) is 30.4. The molecule has 0 radical (unpaired) electrons. The van der Waals surface area contributed by atoms with Gasteiger partial charge in [-0.25, -0.2) is 0 Å². The molecule has 0 spiro atoms. The largest absolute Gasteiger partial charge is 0.455 e. The summed E-state index contributed by atoms with van der Waals surface area (Å²) in [5.74, 6) is -0.398. The van der Waals surface area contributed by atoms with Crippen LogP contribution >= 0.6 is 0 Å². The van der Waals surface area contributed by atoms with Gasteiger partial charge in [0.05, 0.1) is 18.6 Å². The average molecular weight is 258 g/mol. The van der Waals surface area contributed by atoms with Gasteiger partial charge in [0.2, 0.25) is 0 Å². The van der Waals surface area contributed by atoms with Gasteiger partial charge in [0, 0.05) is 7.11 Å². The molecule has 104 valence electrons. The van der Waals surface area contributed by atoms with Crippen LogP contribution in [0, 0.1) is 0 Å². The number of rotatable bonds is 6. The van der Waals surface area contributed by atoms with Crippen LogP contribution in [0.4, 0.5) is 0 Å². The second kappa shape index (κ2) is 7.51. The van der Waals surface area contributed by atoms with Gasteiger partial charge >= 0.3 is 5.97 Å². The molecule has 1 heterocycles. The standard InChI is InChI=1S/C13H22O5/c1-3-4-5-9(14)6-7-10-13(16)11(17-2)8-12(15)18-10/h6-7,9-11,13-14,16H,3-5,8H2,1-2H3/b7-6-/t9-,10-,11+,13+/m0/s1. The molecule has 5 nitrogen and oxygen atoms in total. The van der Waals surface area contributed by atoms with Crippen molar-refractivity contribution in [3.8, 4) is 0 Å². The van der Waals surface area contributed by atoms with Crippen LogP contribution in [0.3, 0.4) is 0 Å². The number of hydrogen-bond acceptors (Lipinski definition) is 5. The lowest BCUT2D eigenvalue weighted by Crippen LogP contribution is -2.46. The number of hydrogen-bond donors (Lipinski definition) is 2. The summed E-state index contributed by atoms with van der Waals surface area (Å²) in [6.45, 7) is 2.05. The van der Waals surface area contributed by atoms with E-state index < -0.39 is 30.4 Å². The van der Waals surface area contributed by atoms with Crippen LogP contribution < -0.4 is 0 Å². The molecule has 2 N–H and O–H groups in total. The van der Waals surface area contributed by atoms with E-state index in [1.54, 1.807) is 6.08 Å². The minimum Gasteiger partial charge on any atom is -0.455 e. The Bertz CT molecular complexity index is 289. The van der Waals surface area contributed by atoms with E-state index in [1.165, 1.54) is 13.2 Å². The van der Waals surface area contributed by atoms with Gasteiger partial charge in [0.1, 0.15) is 12.2 Å². The van der Waals surface area contributed by atoms with Gasteiger partial charge in [0.15, 0.2) is 0 Å². The second-order valence-electron chi connectivity index (χ2n) is 4.52. The van der Waals surface area contributed by atoms with E-state index in [9.17, 15) is 15.0 Å². The predicted octanol–water partition coefficient (Wildman–Crippen LogP) is 0.785. The highest BCUT2D eigenvalue weighted by Gasteiger charge is 2.36. The third kappa shape index (κ3) is 4.40. The maximum absolute atomic E-state index is 11.3. The number of ether oxygens (including phenoxy) is 2. The third-order valence-corrected chi connectivity index (χ3v) is 3.03. The molecule has 0 aliphatic carbocycles. The smallest absolute Gasteiger partial charge is 0.309 e. The average Bonchev–Trinajstić information content (AvgIpc) is 2.36. The molecule has 0 saturated carbocycles. The number of carbonyl (C=O) groups is 1. The second-order valence-corrected chi connectivity index (χ2v) is 4.52. The number of aliphatic hydroxyl groups is 2. The predicted molar refractivity (Wildman–Crippen MR) is 66.0 cm³/mol. The Morgan fingerprint density at radius 3 is 2.94 bits per heavy atom. The summed E-state index contributed by atoms with van der Waals surface area (Å²) in [6.07, 6.45) is 3.01. The first-order chi connectivity index (χ1) is 8.58. The number of aliphatic hydroxyl groups excluding tert-OH is 2. The van der Waals surface area contributed by atoms with Gasteiger partial charge < -0.3 is 19.7 Å². The molecule has 1 rings (SSSR count). The van der Waals surface area contributed by atoms with Crippen LogP contribution in [0.5, 0.6) is 0 Å². The summed E-state index contributed by atoms with van der Waals surface area (Å²) in [6, 6.07) is 0. The Morgan fingerprint density at radius 2 is 2.33 bits per heavy atom. The summed E-state index contributed by atoms with van der Waals surface area (Å²) < 4.78 is 10.0. The van der Waals surface area contributed by atoms with Gasteiger partial charge in [-0.1, -0.05) is 25.8 Å². The molecule has 0 amide bonds. The van der Waals surface area contributed by atoms with Crippen molar-refractivity contribution in [2.75, 3.05) is 7.11 Å². The van der Waals surface area contributed by atoms with E-state index in [0.29, 0.717) is 6.42 Å². The molecule has 1 aliphatic rings. The Hall–Kier alpha value is -0.910. The Kier molecular flexibility index (Phi) is 6.32. The molecule has 0 aromatic heterocycles. The number of cyclic esters (lactones) is 1. The van der Waals surface area contributed by atoms with Crippen molar-refractivity contribution in [1.29, 1.82) is 0 Å². The van der Waals surface area contributed by atoms with Gasteiger partial charge in [-0.2, -0.15) is 0 Å². The number of carbonyl (C=O) groups excluding carboxylic acids is 1. The molecule has 1 aliphatic heterocycles. The van der Waals surface area contributed by atoms with E-state index in [1.807, 2.05) is 6.92 Å². The van der Waals surface area contributed by atoms with Crippen LogP contribution in [-0.4, -0.2) is 47.7 Å². The summed E-state index contributed by atoms with van der Waals surface area (Å²) in [5, 5.41) is 19.5. The zero-order valence-corrected chi connectivity index (χ0v) is 10.9. The molecule has 0 aromatic rings. The molecule has 0 unspecified atom stereocenters. The lowest BCUT2D eigenvalue weighted by atomic mass is 10.0. The molecule has 1 fully saturated rings. The lowest BCUT2D eigenvalue weighted by molar-refractivity contribution is -0.174. The first-order valence-corrected chi connectivity index (χ1v) is 6.35. The number of unbranched alkanes of at least 4 members (excludes halogenated alkanes) is 1. The lowest BCUT2D eigenvalue weighted by Gasteiger charge is -2.31. The zero-order chi connectivity index (χ0) is 13.5. The van der Waals surface area contributed by atoms with E-state index in [2.05, 4.69) is 0 Å².